The lowest BCUT2D eigenvalue weighted by molar-refractivity contribution is -0.123. The maximum atomic E-state index is 12.7. The van der Waals surface area contributed by atoms with Gasteiger partial charge in [0.05, 0.1) is 28.1 Å². The highest BCUT2D eigenvalue weighted by Crippen LogP contribution is 2.53. The molecule has 2 aliphatic carbocycles. The van der Waals surface area contributed by atoms with E-state index in [0.29, 0.717) is 5.69 Å². The van der Waals surface area contributed by atoms with Crippen LogP contribution in [0.2, 0.25) is 5.02 Å². The molecule has 6 heteroatoms. The van der Waals surface area contributed by atoms with Crippen molar-refractivity contribution in [3.8, 4) is 0 Å². The molecule has 112 valence electrons. The minimum absolute atomic E-state index is 0.142. The number of hydrogen-bond acceptors (Lipinski definition) is 3. The number of hydrogen-bond donors (Lipinski definition) is 1. The molecule has 1 saturated heterocycles. The average Bonchev–Trinajstić information content (AvgIpc) is 3.12. The molecule has 0 aromatic heterocycles. The number of nitrogens with two attached hydrogens (primary N) is 1. The van der Waals surface area contributed by atoms with Crippen molar-refractivity contribution in [2.75, 3.05) is 4.90 Å². The molecule has 2 bridgehead atoms. The van der Waals surface area contributed by atoms with Crippen molar-refractivity contribution < 1.29 is 14.4 Å². The Morgan fingerprint density at radius 1 is 1.14 bits per heavy atom. The van der Waals surface area contributed by atoms with E-state index in [1.165, 1.54) is 23.1 Å². The van der Waals surface area contributed by atoms with Crippen LogP contribution in [0.5, 0.6) is 0 Å². The molecule has 5 nitrogen and oxygen atoms in total. The molecule has 4 atom stereocenters. The Morgan fingerprint density at radius 3 is 2.23 bits per heavy atom. The Balaban J connectivity index is 1.73. The minimum Gasteiger partial charge on any atom is -0.366 e. The van der Waals surface area contributed by atoms with Crippen LogP contribution >= 0.6 is 11.6 Å². The summed E-state index contributed by atoms with van der Waals surface area (Å²) in [6.45, 7) is 0. The van der Waals surface area contributed by atoms with Crippen LogP contribution in [0.15, 0.2) is 30.4 Å². The van der Waals surface area contributed by atoms with Crippen molar-refractivity contribution in [2.24, 2.45) is 29.4 Å². The second-order valence-electron chi connectivity index (χ2n) is 6.04. The second kappa shape index (κ2) is 4.43. The van der Waals surface area contributed by atoms with Gasteiger partial charge in [0, 0.05) is 0 Å². The van der Waals surface area contributed by atoms with Gasteiger partial charge in [-0.3, -0.25) is 14.4 Å². The molecule has 1 aromatic carbocycles. The molecule has 0 spiro atoms. The lowest BCUT2D eigenvalue weighted by Crippen LogP contribution is -2.32. The Hall–Kier alpha value is -2.14. The van der Waals surface area contributed by atoms with Gasteiger partial charge in [-0.15, -0.1) is 0 Å². The summed E-state index contributed by atoms with van der Waals surface area (Å²) in [7, 11) is 0. The van der Waals surface area contributed by atoms with Gasteiger partial charge in [0.15, 0.2) is 0 Å². The maximum absolute atomic E-state index is 12.7. The molecular formula is C16H13ClN2O3. The van der Waals surface area contributed by atoms with E-state index in [1.807, 2.05) is 12.2 Å². The van der Waals surface area contributed by atoms with Gasteiger partial charge in [0.25, 0.3) is 0 Å². The zero-order chi connectivity index (χ0) is 15.6. The van der Waals surface area contributed by atoms with Crippen molar-refractivity contribution >= 4 is 35.0 Å². The van der Waals surface area contributed by atoms with E-state index in [4.69, 9.17) is 17.3 Å². The summed E-state index contributed by atoms with van der Waals surface area (Å²) < 4.78 is 0. The third-order valence-electron chi connectivity index (χ3n) is 4.95. The van der Waals surface area contributed by atoms with Crippen LogP contribution < -0.4 is 10.6 Å². The molecule has 3 aliphatic rings. The molecule has 0 unspecified atom stereocenters. The Kier molecular flexibility index (Phi) is 2.72. The maximum Gasteiger partial charge on any atom is 0.250 e. The quantitative estimate of drug-likeness (QED) is 0.666. The van der Waals surface area contributed by atoms with Gasteiger partial charge in [0.2, 0.25) is 17.7 Å². The molecule has 2 N–H and O–H groups in total. The number of halogens is 1. The number of rotatable bonds is 2. The molecular weight excluding hydrogens is 304 g/mol. The van der Waals surface area contributed by atoms with E-state index in [9.17, 15) is 14.4 Å². The largest absolute Gasteiger partial charge is 0.366 e. The highest BCUT2D eigenvalue weighted by molar-refractivity contribution is 6.34. The number of anilines is 1. The number of imide groups is 1. The normalized spacial score (nSPS) is 32.0. The third-order valence-corrected chi connectivity index (χ3v) is 5.26. The predicted octanol–water partition coefficient (Wildman–Crippen LogP) is 1.75. The van der Waals surface area contributed by atoms with E-state index in [-0.39, 0.29) is 46.1 Å². The molecule has 1 aliphatic heterocycles. The fourth-order valence-corrected chi connectivity index (χ4v) is 4.27. The Morgan fingerprint density at radius 2 is 1.73 bits per heavy atom. The molecule has 22 heavy (non-hydrogen) atoms. The van der Waals surface area contributed by atoms with Crippen LogP contribution in [-0.2, 0) is 9.59 Å². The van der Waals surface area contributed by atoms with E-state index in [0.717, 1.165) is 6.42 Å². The lowest BCUT2D eigenvalue weighted by Gasteiger charge is -2.18. The van der Waals surface area contributed by atoms with Crippen LogP contribution in [0.4, 0.5) is 5.69 Å². The highest BCUT2D eigenvalue weighted by Gasteiger charge is 2.59. The van der Waals surface area contributed by atoms with Gasteiger partial charge >= 0.3 is 0 Å². The number of fused-ring (bicyclic) bond motifs is 5. The molecule has 2 fully saturated rings. The highest BCUT2D eigenvalue weighted by atomic mass is 35.5. The van der Waals surface area contributed by atoms with Crippen molar-refractivity contribution in [2.45, 2.75) is 6.42 Å². The smallest absolute Gasteiger partial charge is 0.250 e. The van der Waals surface area contributed by atoms with E-state index in [1.54, 1.807) is 0 Å². The van der Waals surface area contributed by atoms with E-state index < -0.39 is 5.91 Å². The Labute approximate surface area is 131 Å². The SMILES string of the molecule is NC(=O)c1ccc(N2C(=O)[C@H]3[C@H](C2=O)[C@H]2C=C[C@H]3C2)cc1Cl. The van der Waals surface area contributed by atoms with E-state index >= 15 is 0 Å². The first-order valence-electron chi connectivity index (χ1n) is 7.14. The Bertz CT molecular complexity index is 728. The summed E-state index contributed by atoms with van der Waals surface area (Å²) >= 11 is 6.03. The molecule has 0 radical (unpaired) electrons. The number of amides is 3. The summed E-state index contributed by atoms with van der Waals surface area (Å²) in [5.41, 5.74) is 5.79. The zero-order valence-electron chi connectivity index (χ0n) is 11.5. The van der Waals surface area contributed by atoms with Crippen molar-refractivity contribution in [1.29, 1.82) is 0 Å². The van der Waals surface area contributed by atoms with Crippen LogP contribution in [0, 0.1) is 23.7 Å². The van der Waals surface area contributed by atoms with Crippen LogP contribution in [0.1, 0.15) is 16.8 Å². The number of nitrogens with zero attached hydrogens (tertiary/aromatic N) is 1. The number of benzene rings is 1. The summed E-state index contributed by atoms with van der Waals surface area (Å²) in [5.74, 6) is -1.16. The molecule has 4 rings (SSSR count). The van der Waals surface area contributed by atoms with Gasteiger partial charge in [-0.1, -0.05) is 23.8 Å². The minimum atomic E-state index is -0.644. The van der Waals surface area contributed by atoms with Crippen LogP contribution in [0.25, 0.3) is 0 Å². The number of allylic oxidation sites excluding steroid dienone is 2. The fourth-order valence-electron chi connectivity index (χ4n) is 4.00. The molecule has 1 saturated carbocycles. The lowest BCUT2D eigenvalue weighted by atomic mass is 9.85. The van der Waals surface area contributed by atoms with Crippen molar-refractivity contribution in [3.63, 3.8) is 0 Å². The van der Waals surface area contributed by atoms with Crippen LogP contribution in [-0.4, -0.2) is 17.7 Å². The summed E-state index contributed by atoms with van der Waals surface area (Å²) in [6.07, 6.45) is 4.98. The number of carbonyl (C=O) groups is 3. The topological polar surface area (TPSA) is 80.5 Å². The van der Waals surface area contributed by atoms with Gasteiger partial charge in [-0.05, 0) is 36.5 Å². The monoisotopic (exact) mass is 316 g/mol. The molecule has 1 aromatic rings. The number of primary amides is 1. The van der Waals surface area contributed by atoms with Gasteiger partial charge in [-0.2, -0.15) is 0 Å². The first-order chi connectivity index (χ1) is 10.5. The van der Waals surface area contributed by atoms with Crippen molar-refractivity contribution in [1.82, 2.24) is 0 Å². The molecule has 1 heterocycles. The van der Waals surface area contributed by atoms with Gasteiger partial charge in [-0.25, -0.2) is 4.90 Å². The standard InChI is InChI=1S/C16H13ClN2O3/c17-11-6-9(3-4-10(11)14(18)20)19-15(21)12-7-1-2-8(5-7)13(12)16(19)22/h1-4,6-8,12-13H,5H2,(H2,18,20)/t7-,8-,12+,13+/m0/s1. The first-order valence-corrected chi connectivity index (χ1v) is 7.52. The summed E-state index contributed by atoms with van der Waals surface area (Å²) in [5, 5.41) is 0.142. The third kappa shape index (κ3) is 1.63. The number of carbonyl (C=O) groups excluding carboxylic acids is 3. The predicted molar refractivity (Wildman–Crippen MR) is 80.2 cm³/mol. The zero-order valence-corrected chi connectivity index (χ0v) is 12.3. The van der Waals surface area contributed by atoms with Crippen molar-refractivity contribution in [3.05, 3.63) is 40.9 Å². The van der Waals surface area contributed by atoms with Crippen LogP contribution in [0.3, 0.4) is 0 Å². The molecule has 3 amide bonds. The van der Waals surface area contributed by atoms with E-state index in [2.05, 4.69) is 0 Å². The summed E-state index contributed by atoms with van der Waals surface area (Å²) in [6, 6.07) is 4.44. The average molecular weight is 317 g/mol. The van der Waals surface area contributed by atoms with Gasteiger partial charge in [0.1, 0.15) is 0 Å². The first kappa shape index (κ1) is 13.5. The summed E-state index contributed by atoms with van der Waals surface area (Å²) in [4.78, 5) is 37.7. The second-order valence-corrected chi connectivity index (χ2v) is 6.45. The fraction of sp³-hybridized carbons (Fsp3) is 0.312. The van der Waals surface area contributed by atoms with Gasteiger partial charge < -0.3 is 5.73 Å².